The minimum Gasteiger partial charge on any atom is -0.480 e. The number of piperidine rings is 1. The number of likely N-dealkylation sites (tertiary alicyclic amines) is 1. The molecule has 3 heterocycles. The van der Waals surface area contributed by atoms with E-state index < -0.39 is 11.2 Å². The highest BCUT2D eigenvalue weighted by Crippen LogP contribution is 2.41. The number of hydrogen-bond donors (Lipinski definition) is 1. The van der Waals surface area contributed by atoms with Crippen LogP contribution in [0, 0.1) is 0 Å². The Kier molecular flexibility index (Phi) is 7.63. The Morgan fingerprint density at radius 1 is 1.11 bits per heavy atom. The van der Waals surface area contributed by atoms with E-state index in [1.165, 1.54) is 22.9 Å². The number of fused-ring (bicyclic) bond motifs is 2. The van der Waals surface area contributed by atoms with Crippen LogP contribution in [0.5, 0.6) is 0 Å². The minimum absolute atomic E-state index is 0.116. The molecule has 1 aliphatic heterocycles. The van der Waals surface area contributed by atoms with Crippen molar-refractivity contribution >= 4 is 40.8 Å². The van der Waals surface area contributed by atoms with Crippen molar-refractivity contribution < 1.29 is 14.7 Å². The number of halogens is 1. The zero-order valence-electron chi connectivity index (χ0n) is 20.6. The molecule has 0 spiro atoms. The number of carbonyl (C=O) groups is 2. The molecule has 1 saturated heterocycles. The van der Waals surface area contributed by atoms with Crippen LogP contribution < -0.4 is 0 Å². The molecular formula is C29H28ClN3O3S. The predicted octanol–water partition coefficient (Wildman–Crippen LogP) is 5.46. The second-order valence-corrected chi connectivity index (χ2v) is 11.3. The molecule has 1 fully saturated rings. The van der Waals surface area contributed by atoms with Crippen LogP contribution in [0.2, 0.25) is 5.02 Å². The van der Waals surface area contributed by atoms with Crippen molar-refractivity contribution in [3.05, 3.63) is 93.5 Å². The second-order valence-electron chi connectivity index (χ2n) is 9.43. The van der Waals surface area contributed by atoms with E-state index in [2.05, 4.69) is 11.1 Å². The Hall–Kier alpha value is -3.16. The van der Waals surface area contributed by atoms with E-state index in [1.807, 2.05) is 35.2 Å². The molecule has 6 nitrogen and oxygen atoms in total. The fourth-order valence-corrected chi connectivity index (χ4v) is 6.26. The van der Waals surface area contributed by atoms with Gasteiger partial charge in [-0.05, 0) is 79.1 Å². The van der Waals surface area contributed by atoms with Crippen molar-refractivity contribution in [3.8, 4) is 0 Å². The average Bonchev–Trinajstić information content (AvgIpc) is 3.06. The number of thioether (sulfide) groups is 1. The van der Waals surface area contributed by atoms with E-state index in [4.69, 9.17) is 16.6 Å². The summed E-state index contributed by atoms with van der Waals surface area (Å²) in [5.74, 6) is -0.717. The number of rotatable bonds is 5. The number of pyridine rings is 2. The molecule has 0 radical (unpaired) electrons. The third-order valence-corrected chi connectivity index (χ3v) is 8.46. The van der Waals surface area contributed by atoms with Crippen LogP contribution in [-0.4, -0.2) is 50.2 Å². The van der Waals surface area contributed by atoms with Gasteiger partial charge in [0.2, 0.25) is 5.91 Å². The van der Waals surface area contributed by atoms with Crippen LogP contribution in [0.25, 0.3) is 5.57 Å². The molecule has 190 valence electrons. The van der Waals surface area contributed by atoms with Crippen molar-refractivity contribution in [3.63, 3.8) is 0 Å². The molecule has 1 atom stereocenters. The molecule has 0 bridgehead atoms. The molecule has 37 heavy (non-hydrogen) atoms. The third kappa shape index (κ3) is 5.58. The lowest BCUT2D eigenvalue weighted by Gasteiger charge is -2.30. The van der Waals surface area contributed by atoms with E-state index in [-0.39, 0.29) is 5.91 Å². The number of carboxylic acids is 1. The zero-order chi connectivity index (χ0) is 25.9. The number of aromatic nitrogens is 2. The number of carbonyl (C=O) groups excluding carboxylic acids is 1. The summed E-state index contributed by atoms with van der Waals surface area (Å²) in [6.07, 6.45) is 8.68. The van der Waals surface area contributed by atoms with Gasteiger partial charge in [0.05, 0.1) is 12.1 Å². The van der Waals surface area contributed by atoms with Gasteiger partial charge >= 0.3 is 5.97 Å². The van der Waals surface area contributed by atoms with Gasteiger partial charge in [-0.1, -0.05) is 29.3 Å². The van der Waals surface area contributed by atoms with Gasteiger partial charge in [-0.2, -0.15) is 0 Å². The zero-order valence-corrected chi connectivity index (χ0v) is 22.2. The lowest BCUT2D eigenvalue weighted by atomic mass is 9.88. The number of carboxylic acid groups (broad SMARTS) is 1. The van der Waals surface area contributed by atoms with Crippen molar-refractivity contribution in [1.29, 1.82) is 0 Å². The largest absolute Gasteiger partial charge is 0.480 e. The summed E-state index contributed by atoms with van der Waals surface area (Å²) in [5.41, 5.74) is 7.63. The summed E-state index contributed by atoms with van der Waals surface area (Å²) in [4.78, 5) is 36.4. The lowest BCUT2D eigenvalue weighted by Crippen LogP contribution is -2.37. The summed E-state index contributed by atoms with van der Waals surface area (Å²) in [6.45, 7) is 3.02. The minimum atomic E-state index is -0.832. The molecule has 5 rings (SSSR count). The Morgan fingerprint density at radius 2 is 1.92 bits per heavy atom. The van der Waals surface area contributed by atoms with Gasteiger partial charge in [0.15, 0.2) is 0 Å². The first-order valence-corrected chi connectivity index (χ1v) is 13.7. The summed E-state index contributed by atoms with van der Waals surface area (Å²) < 4.78 is 0. The smallest absolute Gasteiger partial charge is 0.316 e. The molecule has 3 aromatic rings. The number of benzene rings is 1. The van der Waals surface area contributed by atoms with E-state index >= 15 is 0 Å². The number of aliphatic carboxylic acids is 1. The van der Waals surface area contributed by atoms with Crippen LogP contribution in [0.3, 0.4) is 0 Å². The molecule has 1 aliphatic carbocycles. The first-order chi connectivity index (χ1) is 17.9. The molecule has 1 unspecified atom stereocenters. The Bertz CT molecular complexity index is 1370. The van der Waals surface area contributed by atoms with Gasteiger partial charge in [-0.3, -0.25) is 19.6 Å². The average molecular weight is 534 g/mol. The van der Waals surface area contributed by atoms with Crippen LogP contribution in [0.15, 0.2) is 65.5 Å². The maximum atomic E-state index is 12.9. The van der Waals surface area contributed by atoms with E-state index in [1.54, 1.807) is 25.5 Å². The quantitative estimate of drug-likeness (QED) is 0.438. The lowest BCUT2D eigenvalue weighted by molar-refractivity contribution is -0.136. The summed E-state index contributed by atoms with van der Waals surface area (Å²) >= 11 is 7.75. The van der Waals surface area contributed by atoms with Crippen molar-refractivity contribution in [1.82, 2.24) is 14.9 Å². The van der Waals surface area contributed by atoms with Crippen LogP contribution in [-0.2, 0) is 28.9 Å². The van der Waals surface area contributed by atoms with Crippen molar-refractivity contribution in [2.24, 2.45) is 0 Å². The number of amides is 1. The number of aryl methyl sites for hydroxylation is 1. The molecular weight excluding hydrogens is 506 g/mol. The fraction of sp³-hybridized carbons (Fsp3) is 0.310. The highest BCUT2D eigenvalue weighted by atomic mass is 35.5. The molecule has 8 heteroatoms. The molecule has 2 aliphatic rings. The van der Waals surface area contributed by atoms with E-state index in [9.17, 15) is 14.7 Å². The Balaban J connectivity index is 1.49. The Labute approximate surface area is 225 Å². The molecule has 1 aromatic carbocycles. The monoisotopic (exact) mass is 533 g/mol. The van der Waals surface area contributed by atoms with Gasteiger partial charge in [-0.25, -0.2) is 0 Å². The number of hydrogen-bond acceptors (Lipinski definition) is 5. The van der Waals surface area contributed by atoms with Crippen LogP contribution in [0.4, 0.5) is 0 Å². The van der Waals surface area contributed by atoms with Crippen molar-refractivity contribution in [2.75, 3.05) is 13.1 Å². The highest BCUT2D eigenvalue weighted by molar-refractivity contribution is 8.00. The molecule has 2 aromatic heterocycles. The van der Waals surface area contributed by atoms with E-state index in [0.29, 0.717) is 24.5 Å². The molecule has 0 saturated carbocycles. The molecule has 1 N–H and O–H groups in total. The summed E-state index contributed by atoms with van der Waals surface area (Å²) in [5, 5.41) is 9.64. The van der Waals surface area contributed by atoms with Gasteiger partial charge in [-0.15, -0.1) is 11.8 Å². The molecule has 1 amide bonds. The first-order valence-electron chi connectivity index (χ1n) is 12.5. The third-order valence-electron chi connectivity index (χ3n) is 7.03. The fourth-order valence-electron chi connectivity index (χ4n) is 5.11. The van der Waals surface area contributed by atoms with Crippen LogP contribution >= 0.6 is 23.4 Å². The Morgan fingerprint density at radius 3 is 2.65 bits per heavy atom. The predicted molar refractivity (Wildman–Crippen MR) is 146 cm³/mol. The van der Waals surface area contributed by atoms with Crippen LogP contribution in [0.1, 0.15) is 47.7 Å². The van der Waals surface area contributed by atoms with E-state index in [0.717, 1.165) is 58.5 Å². The normalized spacial score (nSPS) is 16.0. The maximum absolute atomic E-state index is 12.9. The van der Waals surface area contributed by atoms with Gasteiger partial charge in [0.25, 0.3) is 0 Å². The SMILES string of the molecule is CC(Sc1ccnc2c1CCc1cc(Cl)ccc1C2=C1CCN(C(=O)Cc2cccnc2)CC1)C(=O)O. The topological polar surface area (TPSA) is 83.4 Å². The van der Waals surface area contributed by atoms with Crippen molar-refractivity contribution in [2.45, 2.75) is 49.2 Å². The second kappa shape index (κ2) is 11.1. The summed E-state index contributed by atoms with van der Waals surface area (Å²) in [6, 6.07) is 11.7. The van der Waals surface area contributed by atoms with Gasteiger partial charge in [0.1, 0.15) is 5.25 Å². The standard InChI is InChI=1S/C29H28ClN3O3S/c1-18(29(35)36)37-25-8-12-32-28-24(25)6-4-21-16-22(30)5-7-23(21)27(28)20-9-13-33(14-10-20)26(34)15-19-3-2-11-31-17-19/h2-3,5,7-8,11-12,16-18H,4,6,9-10,13-15H2,1H3,(H,35,36). The van der Waals surface area contributed by atoms with Gasteiger partial charge < -0.3 is 10.0 Å². The number of nitrogens with zero attached hydrogens (tertiary/aromatic N) is 3. The van der Waals surface area contributed by atoms with Gasteiger partial charge in [0, 0.05) is 47.2 Å². The first kappa shape index (κ1) is 25.5. The summed E-state index contributed by atoms with van der Waals surface area (Å²) in [7, 11) is 0. The maximum Gasteiger partial charge on any atom is 0.316 e. The highest BCUT2D eigenvalue weighted by Gasteiger charge is 2.28.